The van der Waals surface area contributed by atoms with Gasteiger partial charge in [0.2, 0.25) is 0 Å². The van der Waals surface area contributed by atoms with Crippen molar-refractivity contribution in [1.29, 1.82) is 0 Å². The average molecular weight is 397 g/mol. The largest absolute Gasteiger partial charge is 0.497 e. The van der Waals surface area contributed by atoms with Gasteiger partial charge in [0, 0.05) is 12.2 Å². The number of benzene rings is 2. The number of aliphatic imine (C=N–C) groups is 1. The topological polar surface area (TPSA) is 59.6 Å². The van der Waals surface area contributed by atoms with Crippen molar-refractivity contribution in [2.75, 3.05) is 19.0 Å². The van der Waals surface area contributed by atoms with Crippen molar-refractivity contribution < 1.29 is 4.74 Å². The van der Waals surface area contributed by atoms with E-state index in [4.69, 9.17) is 10.5 Å². The Bertz CT molecular complexity index is 555. The van der Waals surface area contributed by atoms with Crippen LogP contribution in [0.1, 0.15) is 5.56 Å². The molecular formula is C16H20IN3O. The number of guanidine groups is 1. The van der Waals surface area contributed by atoms with Crippen LogP contribution in [0.2, 0.25) is 0 Å². The molecule has 0 saturated carbocycles. The third kappa shape index (κ3) is 6.03. The quantitative estimate of drug-likeness (QED) is 0.463. The first kappa shape index (κ1) is 17.3. The first-order valence-electron chi connectivity index (χ1n) is 6.53. The van der Waals surface area contributed by atoms with E-state index in [0.717, 1.165) is 17.9 Å². The Morgan fingerprint density at radius 3 is 2.38 bits per heavy atom. The highest BCUT2D eigenvalue weighted by molar-refractivity contribution is 14.0. The second-order valence-corrected chi connectivity index (χ2v) is 4.36. The summed E-state index contributed by atoms with van der Waals surface area (Å²) in [4.78, 5) is 4.31. The Labute approximate surface area is 142 Å². The zero-order valence-electron chi connectivity index (χ0n) is 12.0. The fourth-order valence-corrected chi connectivity index (χ4v) is 1.81. The Balaban J connectivity index is 0.00000220. The molecule has 0 atom stereocenters. The highest BCUT2D eigenvalue weighted by atomic mass is 127. The Morgan fingerprint density at radius 1 is 1.10 bits per heavy atom. The van der Waals surface area contributed by atoms with Gasteiger partial charge in [-0.1, -0.05) is 30.3 Å². The molecule has 0 aliphatic carbocycles. The van der Waals surface area contributed by atoms with E-state index >= 15 is 0 Å². The molecule has 112 valence electrons. The molecule has 0 fully saturated rings. The third-order valence-electron chi connectivity index (χ3n) is 2.89. The van der Waals surface area contributed by atoms with Crippen LogP contribution in [0.4, 0.5) is 5.69 Å². The van der Waals surface area contributed by atoms with Gasteiger partial charge in [-0.25, -0.2) is 0 Å². The van der Waals surface area contributed by atoms with E-state index in [1.54, 1.807) is 7.11 Å². The molecule has 0 heterocycles. The second kappa shape index (κ2) is 9.23. The minimum absolute atomic E-state index is 0. The van der Waals surface area contributed by atoms with Crippen LogP contribution < -0.4 is 15.8 Å². The van der Waals surface area contributed by atoms with Gasteiger partial charge in [0.15, 0.2) is 5.96 Å². The predicted molar refractivity (Wildman–Crippen MR) is 98.7 cm³/mol. The molecule has 0 amide bonds. The molecule has 2 rings (SSSR count). The summed E-state index contributed by atoms with van der Waals surface area (Å²) in [6.45, 7) is 0.666. The van der Waals surface area contributed by atoms with Gasteiger partial charge in [0.05, 0.1) is 7.11 Å². The van der Waals surface area contributed by atoms with Crippen LogP contribution >= 0.6 is 24.0 Å². The molecule has 2 aromatic rings. The molecule has 0 bridgehead atoms. The number of ether oxygens (including phenoxy) is 1. The van der Waals surface area contributed by atoms with Gasteiger partial charge in [-0.15, -0.1) is 24.0 Å². The van der Waals surface area contributed by atoms with E-state index in [2.05, 4.69) is 22.4 Å². The van der Waals surface area contributed by atoms with Gasteiger partial charge in [-0.05, 0) is 36.2 Å². The summed E-state index contributed by atoms with van der Waals surface area (Å²) in [5.41, 5.74) is 8.00. The molecule has 0 aliphatic rings. The molecule has 4 nitrogen and oxygen atoms in total. The van der Waals surface area contributed by atoms with Gasteiger partial charge >= 0.3 is 0 Å². The minimum atomic E-state index is 0. The highest BCUT2D eigenvalue weighted by Crippen LogP contribution is 2.14. The molecule has 2 aromatic carbocycles. The van der Waals surface area contributed by atoms with Crippen molar-refractivity contribution in [3.63, 3.8) is 0 Å². The number of nitrogens with zero attached hydrogens (tertiary/aromatic N) is 1. The number of hydrogen-bond acceptors (Lipinski definition) is 2. The van der Waals surface area contributed by atoms with Crippen molar-refractivity contribution in [2.24, 2.45) is 10.7 Å². The molecule has 0 aromatic heterocycles. The molecular weight excluding hydrogens is 377 g/mol. The number of halogens is 1. The maximum Gasteiger partial charge on any atom is 0.193 e. The summed E-state index contributed by atoms with van der Waals surface area (Å²) in [6, 6.07) is 17.8. The predicted octanol–water partition coefficient (Wildman–Crippen LogP) is 3.28. The number of hydrogen-bond donors (Lipinski definition) is 2. The lowest BCUT2D eigenvalue weighted by Crippen LogP contribution is -2.23. The van der Waals surface area contributed by atoms with Crippen LogP contribution in [0.3, 0.4) is 0 Å². The first-order valence-corrected chi connectivity index (χ1v) is 6.53. The first-order chi connectivity index (χ1) is 9.78. The fourth-order valence-electron chi connectivity index (χ4n) is 1.81. The minimum Gasteiger partial charge on any atom is -0.497 e. The molecule has 21 heavy (non-hydrogen) atoms. The van der Waals surface area contributed by atoms with E-state index in [-0.39, 0.29) is 24.0 Å². The van der Waals surface area contributed by atoms with E-state index in [1.807, 2.05) is 42.5 Å². The summed E-state index contributed by atoms with van der Waals surface area (Å²) in [6.07, 6.45) is 0.881. The third-order valence-corrected chi connectivity index (χ3v) is 2.89. The zero-order chi connectivity index (χ0) is 14.2. The second-order valence-electron chi connectivity index (χ2n) is 4.36. The number of nitrogens with two attached hydrogens (primary N) is 1. The maximum absolute atomic E-state index is 5.85. The van der Waals surface area contributed by atoms with Crippen molar-refractivity contribution in [3.05, 3.63) is 60.2 Å². The van der Waals surface area contributed by atoms with Gasteiger partial charge in [-0.2, -0.15) is 0 Å². The Kier molecular flexibility index (Phi) is 7.60. The Hall–Kier alpha value is -1.76. The van der Waals surface area contributed by atoms with Gasteiger partial charge in [0.25, 0.3) is 0 Å². The van der Waals surface area contributed by atoms with Crippen LogP contribution in [0.25, 0.3) is 0 Å². The van der Waals surface area contributed by atoms with E-state index in [9.17, 15) is 0 Å². The lowest BCUT2D eigenvalue weighted by molar-refractivity contribution is 0.415. The summed E-state index contributed by atoms with van der Waals surface area (Å²) >= 11 is 0. The molecule has 0 unspecified atom stereocenters. The summed E-state index contributed by atoms with van der Waals surface area (Å²) < 4.78 is 5.10. The fraction of sp³-hybridized carbons (Fsp3) is 0.188. The molecule has 0 spiro atoms. The molecule has 3 N–H and O–H groups in total. The standard InChI is InChI=1S/C16H19N3O.HI/c1-20-15-9-7-14(8-10-15)19-16(17)18-12-11-13-5-3-2-4-6-13;/h2-10H,11-12H2,1H3,(H3,17,18,19);1H. The zero-order valence-corrected chi connectivity index (χ0v) is 14.3. The van der Waals surface area contributed by atoms with Crippen LogP contribution in [0, 0.1) is 0 Å². The molecule has 0 aliphatic heterocycles. The molecule has 5 heteroatoms. The summed E-state index contributed by atoms with van der Waals surface area (Å²) in [5.74, 6) is 1.24. The molecule has 0 radical (unpaired) electrons. The van der Waals surface area contributed by atoms with E-state index in [0.29, 0.717) is 12.5 Å². The number of nitrogens with one attached hydrogen (secondary N) is 1. The lowest BCUT2D eigenvalue weighted by atomic mass is 10.2. The average Bonchev–Trinajstić information content (AvgIpc) is 2.49. The summed E-state index contributed by atoms with van der Waals surface area (Å²) in [5, 5.41) is 3.05. The lowest BCUT2D eigenvalue weighted by Gasteiger charge is -2.06. The number of anilines is 1. The number of rotatable bonds is 5. The SMILES string of the molecule is COc1ccc(NC(N)=NCCc2ccccc2)cc1.I. The monoisotopic (exact) mass is 397 g/mol. The van der Waals surface area contributed by atoms with Gasteiger partial charge < -0.3 is 15.8 Å². The van der Waals surface area contributed by atoms with E-state index in [1.165, 1.54) is 5.56 Å². The highest BCUT2D eigenvalue weighted by Gasteiger charge is 1.96. The van der Waals surface area contributed by atoms with Gasteiger partial charge in [-0.3, -0.25) is 4.99 Å². The van der Waals surface area contributed by atoms with Crippen molar-refractivity contribution in [3.8, 4) is 5.75 Å². The van der Waals surface area contributed by atoms with Crippen LogP contribution in [0.15, 0.2) is 59.6 Å². The van der Waals surface area contributed by atoms with Crippen molar-refractivity contribution >= 4 is 35.6 Å². The number of methoxy groups -OCH3 is 1. The van der Waals surface area contributed by atoms with Crippen molar-refractivity contribution in [1.82, 2.24) is 0 Å². The van der Waals surface area contributed by atoms with Gasteiger partial charge in [0.1, 0.15) is 5.75 Å². The van der Waals surface area contributed by atoms with E-state index < -0.39 is 0 Å². The van der Waals surface area contributed by atoms with Crippen molar-refractivity contribution in [2.45, 2.75) is 6.42 Å². The van der Waals surface area contributed by atoms with Crippen LogP contribution in [0.5, 0.6) is 5.75 Å². The summed E-state index contributed by atoms with van der Waals surface area (Å²) in [7, 11) is 1.64. The molecule has 0 saturated heterocycles. The normalized spacial score (nSPS) is 10.6. The maximum atomic E-state index is 5.85. The van der Waals surface area contributed by atoms with Crippen LogP contribution in [-0.4, -0.2) is 19.6 Å². The van der Waals surface area contributed by atoms with Crippen LogP contribution in [-0.2, 0) is 6.42 Å². The Morgan fingerprint density at radius 2 is 1.76 bits per heavy atom. The smallest absolute Gasteiger partial charge is 0.193 e.